The van der Waals surface area contributed by atoms with Crippen LogP contribution in [0.2, 0.25) is 0 Å². The van der Waals surface area contributed by atoms with Crippen molar-refractivity contribution in [1.82, 2.24) is 14.9 Å². The van der Waals surface area contributed by atoms with Crippen molar-refractivity contribution >= 4 is 5.91 Å². The number of aryl methyl sites for hydroxylation is 1. The van der Waals surface area contributed by atoms with Gasteiger partial charge in [-0.25, -0.2) is 4.98 Å². The number of aromatic amines is 1. The van der Waals surface area contributed by atoms with Gasteiger partial charge in [-0.3, -0.25) is 9.59 Å². The Kier molecular flexibility index (Phi) is 5.43. The second-order valence-corrected chi connectivity index (χ2v) is 6.63. The first-order chi connectivity index (χ1) is 11.2. The predicted octanol–water partition coefficient (Wildman–Crippen LogP) is 1.51. The number of carbonyl (C=O) groups excluding carboxylic acids is 1. The van der Waals surface area contributed by atoms with Crippen molar-refractivity contribution in [2.24, 2.45) is 5.92 Å². The van der Waals surface area contributed by atoms with Crippen molar-refractivity contribution in [3.05, 3.63) is 28.4 Å². The van der Waals surface area contributed by atoms with Gasteiger partial charge in [0.1, 0.15) is 0 Å². The summed E-state index contributed by atoms with van der Waals surface area (Å²) in [6.07, 6.45) is 8.58. The summed E-state index contributed by atoms with van der Waals surface area (Å²) in [6.45, 7) is 1.96. The van der Waals surface area contributed by atoms with Crippen LogP contribution in [0.4, 0.5) is 0 Å². The normalized spacial score (nSPS) is 22.4. The zero-order valence-corrected chi connectivity index (χ0v) is 13.5. The summed E-state index contributed by atoms with van der Waals surface area (Å²) < 4.78 is 5.77. The fraction of sp³-hybridized carbons (Fsp3) is 0.706. The maximum Gasteiger partial charge on any atom is 0.250 e. The Morgan fingerprint density at radius 2 is 2.22 bits per heavy atom. The van der Waals surface area contributed by atoms with E-state index in [4.69, 9.17) is 4.74 Å². The number of amides is 1. The molecule has 1 saturated heterocycles. The van der Waals surface area contributed by atoms with Crippen LogP contribution in [0.1, 0.15) is 44.2 Å². The SMILES string of the molecule is O=C(CC1CCCC1)N1CCOC(CCc2cc(=O)[nH]cn2)C1. The number of carbonyl (C=O) groups is 1. The van der Waals surface area contributed by atoms with E-state index in [9.17, 15) is 9.59 Å². The fourth-order valence-electron chi connectivity index (χ4n) is 3.57. The molecular weight excluding hydrogens is 294 g/mol. The lowest BCUT2D eigenvalue weighted by Gasteiger charge is -2.33. The lowest BCUT2D eigenvalue weighted by Crippen LogP contribution is -2.46. The van der Waals surface area contributed by atoms with E-state index in [1.165, 1.54) is 38.1 Å². The molecule has 0 bridgehead atoms. The lowest BCUT2D eigenvalue weighted by atomic mass is 10.0. The minimum atomic E-state index is -0.132. The number of morpholine rings is 1. The molecule has 2 aliphatic rings. The van der Waals surface area contributed by atoms with Crippen molar-refractivity contribution in [3.63, 3.8) is 0 Å². The smallest absolute Gasteiger partial charge is 0.250 e. The third-order valence-electron chi connectivity index (χ3n) is 4.89. The maximum absolute atomic E-state index is 12.4. The molecule has 6 heteroatoms. The number of hydrogen-bond donors (Lipinski definition) is 1. The topological polar surface area (TPSA) is 75.3 Å². The molecule has 2 heterocycles. The molecule has 1 aromatic heterocycles. The van der Waals surface area contributed by atoms with Crippen LogP contribution in [-0.2, 0) is 16.0 Å². The van der Waals surface area contributed by atoms with Crippen molar-refractivity contribution in [3.8, 4) is 0 Å². The number of rotatable bonds is 5. The summed E-state index contributed by atoms with van der Waals surface area (Å²) in [5, 5.41) is 0. The molecule has 1 saturated carbocycles. The molecule has 126 valence electrons. The molecule has 1 atom stereocenters. The van der Waals surface area contributed by atoms with Gasteiger partial charge in [-0.15, -0.1) is 0 Å². The van der Waals surface area contributed by atoms with Gasteiger partial charge in [0, 0.05) is 31.3 Å². The highest BCUT2D eigenvalue weighted by molar-refractivity contribution is 5.76. The quantitative estimate of drug-likeness (QED) is 0.892. The van der Waals surface area contributed by atoms with E-state index in [1.54, 1.807) is 0 Å². The van der Waals surface area contributed by atoms with Crippen LogP contribution in [0.5, 0.6) is 0 Å². The van der Waals surface area contributed by atoms with Gasteiger partial charge in [-0.2, -0.15) is 0 Å². The number of aromatic nitrogens is 2. The molecule has 2 fully saturated rings. The Hall–Kier alpha value is -1.69. The van der Waals surface area contributed by atoms with E-state index >= 15 is 0 Å². The molecule has 1 aliphatic heterocycles. The summed E-state index contributed by atoms with van der Waals surface area (Å²) in [7, 11) is 0. The average Bonchev–Trinajstić information content (AvgIpc) is 3.06. The summed E-state index contributed by atoms with van der Waals surface area (Å²) in [5.74, 6) is 0.864. The van der Waals surface area contributed by atoms with Crippen molar-refractivity contribution in [2.75, 3.05) is 19.7 Å². The molecule has 1 amide bonds. The highest BCUT2D eigenvalue weighted by atomic mass is 16.5. The standard InChI is InChI=1S/C17H25N3O3/c21-16-10-14(18-12-19-16)5-6-15-11-20(7-8-23-15)17(22)9-13-3-1-2-4-13/h10,12-13,15H,1-9,11H2,(H,18,19,21). The second-order valence-electron chi connectivity index (χ2n) is 6.63. The van der Waals surface area contributed by atoms with Gasteiger partial charge in [0.05, 0.1) is 19.0 Å². The minimum Gasteiger partial charge on any atom is -0.375 e. The second kappa shape index (κ2) is 7.73. The molecule has 3 rings (SSSR count). The fourth-order valence-corrected chi connectivity index (χ4v) is 3.57. The summed E-state index contributed by atoms with van der Waals surface area (Å²) in [6, 6.07) is 1.52. The summed E-state index contributed by atoms with van der Waals surface area (Å²) >= 11 is 0. The number of hydrogen-bond acceptors (Lipinski definition) is 4. The van der Waals surface area contributed by atoms with Gasteiger partial charge in [0.2, 0.25) is 5.91 Å². The molecule has 1 unspecified atom stereocenters. The molecule has 1 aliphatic carbocycles. The average molecular weight is 319 g/mol. The van der Waals surface area contributed by atoms with Crippen molar-refractivity contribution in [1.29, 1.82) is 0 Å². The van der Waals surface area contributed by atoms with E-state index in [0.717, 1.165) is 12.1 Å². The van der Waals surface area contributed by atoms with E-state index in [0.29, 0.717) is 38.5 Å². The monoisotopic (exact) mass is 319 g/mol. The van der Waals surface area contributed by atoms with Crippen molar-refractivity contribution < 1.29 is 9.53 Å². The van der Waals surface area contributed by atoms with E-state index in [-0.39, 0.29) is 17.6 Å². The van der Waals surface area contributed by atoms with Crippen LogP contribution in [-0.4, -0.2) is 46.6 Å². The van der Waals surface area contributed by atoms with Gasteiger partial charge in [-0.1, -0.05) is 12.8 Å². The zero-order chi connectivity index (χ0) is 16.1. The molecule has 0 aromatic carbocycles. The number of nitrogens with zero attached hydrogens (tertiary/aromatic N) is 2. The largest absolute Gasteiger partial charge is 0.375 e. The van der Waals surface area contributed by atoms with Crippen LogP contribution in [0.15, 0.2) is 17.2 Å². The van der Waals surface area contributed by atoms with Crippen LogP contribution >= 0.6 is 0 Å². The third-order valence-corrected chi connectivity index (χ3v) is 4.89. The first kappa shape index (κ1) is 16.2. The van der Waals surface area contributed by atoms with E-state index in [1.807, 2.05) is 4.90 Å². The molecule has 0 spiro atoms. The molecule has 0 radical (unpaired) electrons. The molecule has 1 aromatic rings. The van der Waals surface area contributed by atoms with E-state index < -0.39 is 0 Å². The Morgan fingerprint density at radius 3 is 3.00 bits per heavy atom. The van der Waals surface area contributed by atoms with Crippen LogP contribution in [0.3, 0.4) is 0 Å². The van der Waals surface area contributed by atoms with Gasteiger partial charge < -0.3 is 14.6 Å². The van der Waals surface area contributed by atoms with Gasteiger partial charge >= 0.3 is 0 Å². The Balaban J connectivity index is 1.47. The van der Waals surface area contributed by atoms with Crippen LogP contribution in [0, 0.1) is 5.92 Å². The molecule has 1 N–H and O–H groups in total. The minimum absolute atomic E-state index is 0.0392. The van der Waals surface area contributed by atoms with Gasteiger partial charge in [0.25, 0.3) is 5.56 Å². The highest BCUT2D eigenvalue weighted by Crippen LogP contribution is 2.28. The van der Waals surface area contributed by atoms with Crippen LogP contribution < -0.4 is 5.56 Å². The predicted molar refractivity (Wildman–Crippen MR) is 86.1 cm³/mol. The molecular formula is C17H25N3O3. The highest BCUT2D eigenvalue weighted by Gasteiger charge is 2.27. The maximum atomic E-state index is 12.4. The first-order valence-corrected chi connectivity index (χ1v) is 8.63. The third kappa shape index (κ3) is 4.64. The Morgan fingerprint density at radius 1 is 1.39 bits per heavy atom. The van der Waals surface area contributed by atoms with Crippen LogP contribution in [0.25, 0.3) is 0 Å². The lowest BCUT2D eigenvalue weighted by molar-refractivity contribution is -0.139. The van der Waals surface area contributed by atoms with Gasteiger partial charge in [0.15, 0.2) is 0 Å². The molecule has 6 nitrogen and oxygen atoms in total. The van der Waals surface area contributed by atoms with Crippen molar-refractivity contribution in [2.45, 2.75) is 51.0 Å². The zero-order valence-electron chi connectivity index (χ0n) is 13.5. The number of H-pyrrole nitrogens is 1. The Bertz CT molecular complexity index is 580. The Labute approximate surface area is 136 Å². The van der Waals surface area contributed by atoms with E-state index in [2.05, 4.69) is 9.97 Å². The summed E-state index contributed by atoms with van der Waals surface area (Å²) in [5.41, 5.74) is 0.639. The number of nitrogens with one attached hydrogen (secondary N) is 1. The van der Waals surface area contributed by atoms with Gasteiger partial charge in [-0.05, 0) is 31.6 Å². The summed E-state index contributed by atoms with van der Waals surface area (Å²) in [4.78, 5) is 32.3. The number of ether oxygens (including phenoxy) is 1. The molecule has 23 heavy (non-hydrogen) atoms. The first-order valence-electron chi connectivity index (χ1n) is 8.63.